The van der Waals surface area contributed by atoms with Crippen molar-refractivity contribution in [1.29, 1.82) is 0 Å². The van der Waals surface area contributed by atoms with Crippen LogP contribution in [0.15, 0.2) is 30.3 Å². The third-order valence-corrected chi connectivity index (χ3v) is 3.01. The maximum Gasteiger partial charge on any atom is 0.113 e. The zero-order valence-corrected chi connectivity index (χ0v) is 9.30. The quantitative estimate of drug-likeness (QED) is 0.723. The first kappa shape index (κ1) is 9.54. The summed E-state index contributed by atoms with van der Waals surface area (Å²) < 4.78 is 1.96. The average Bonchev–Trinajstić information content (AvgIpc) is 2.74. The SMILES string of the molecule is CN1CC=C(n2nnc3ccccc32)CC1. The van der Waals surface area contributed by atoms with E-state index in [1.807, 2.05) is 22.9 Å². The van der Waals surface area contributed by atoms with Gasteiger partial charge < -0.3 is 4.90 Å². The third kappa shape index (κ3) is 1.51. The van der Waals surface area contributed by atoms with E-state index >= 15 is 0 Å². The fraction of sp³-hybridized carbons (Fsp3) is 0.333. The van der Waals surface area contributed by atoms with E-state index in [1.54, 1.807) is 0 Å². The van der Waals surface area contributed by atoms with Crippen molar-refractivity contribution in [3.63, 3.8) is 0 Å². The van der Waals surface area contributed by atoms with Gasteiger partial charge in [0, 0.05) is 25.2 Å². The molecule has 1 aromatic heterocycles. The van der Waals surface area contributed by atoms with Crippen LogP contribution in [0.25, 0.3) is 16.7 Å². The van der Waals surface area contributed by atoms with Crippen LogP contribution in [0.4, 0.5) is 0 Å². The van der Waals surface area contributed by atoms with Gasteiger partial charge in [0.1, 0.15) is 5.52 Å². The van der Waals surface area contributed by atoms with Crippen molar-refractivity contribution in [2.24, 2.45) is 0 Å². The summed E-state index contributed by atoms with van der Waals surface area (Å²) >= 11 is 0. The summed E-state index contributed by atoms with van der Waals surface area (Å²) in [7, 11) is 2.13. The normalized spacial score (nSPS) is 17.7. The number of fused-ring (bicyclic) bond motifs is 1. The molecule has 82 valence electrons. The summed E-state index contributed by atoms with van der Waals surface area (Å²) in [6.45, 7) is 2.07. The van der Waals surface area contributed by atoms with E-state index in [0.29, 0.717) is 0 Å². The van der Waals surface area contributed by atoms with E-state index in [9.17, 15) is 0 Å². The lowest BCUT2D eigenvalue weighted by Crippen LogP contribution is -2.25. The minimum absolute atomic E-state index is 0.960. The van der Waals surface area contributed by atoms with Crippen LogP contribution in [-0.4, -0.2) is 40.0 Å². The number of hydrogen-bond donors (Lipinski definition) is 0. The van der Waals surface area contributed by atoms with Gasteiger partial charge in [-0.15, -0.1) is 5.10 Å². The average molecular weight is 214 g/mol. The van der Waals surface area contributed by atoms with Gasteiger partial charge in [0.05, 0.1) is 5.52 Å². The highest BCUT2D eigenvalue weighted by Crippen LogP contribution is 2.19. The van der Waals surface area contributed by atoms with E-state index in [2.05, 4.69) is 34.4 Å². The number of benzene rings is 1. The fourth-order valence-electron chi connectivity index (χ4n) is 2.03. The smallest absolute Gasteiger partial charge is 0.113 e. The van der Waals surface area contributed by atoms with E-state index < -0.39 is 0 Å². The lowest BCUT2D eigenvalue weighted by atomic mass is 10.2. The molecule has 4 nitrogen and oxygen atoms in total. The van der Waals surface area contributed by atoms with Gasteiger partial charge in [-0.05, 0) is 25.3 Å². The second-order valence-electron chi connectivity index (χ2n) is 4.20. The predicted octanol–water partition coefficient (Wildman–Crippen LogP) is 1.61. The summed E-state index contributed by atoms with van der Waals surface area (Å²) in [5.41, 5.74) is 3.31. The second kappa shape index (κ2) is 3.72. The fourth-order valence-corrected chi connectivity index (χ4v) is 2.03. The van der Waals surface area contributed by atoms with Crippen molar-refractivity contribution in [3.05, 3.63) is 30.3 Å². The molecule has 0 spiro atoms. The van der Waals surface area contributed by atoms with Crippen LogP contribution < -0.4 is 0 Å². The molecule has 0 aliphatic carbocycles. The van der Waals surface area contributed by atoms with Crippen LogP contribution in [0.2, 0.25) is 0 Å². The Bertz CT molecular complexity index is 541. The number of para-hydroxylation sites is 1. The first-order chi connectivity index (χ1) is 7.84. The summed E-state index contributed by atoms with van der Waals surface area (Å²) in [4.78, 5) is 2.29. The standard InChI is InChI=1S/C12H14N4/c1-15-8-6-10(7-9-15)16-12-5-3-2-4-11(12)13-14-16/h2-6H,7-9H2,1H3. The Kier molecular flexibility index (Phi) is 2.22. The van der Waals surface area contributed by atoms with Crippen LogP contribution in [0.5, 0.6) is 0 Å². The highest BCUT2D eigenvalue weighted by atomic mass is 15.4. The van der Waals surface area contributed by atoms with Gasteiger partial charge >= 0.3 is 0 Å². The molecule has 0 amide bonds. The molecule has 3 rings (SSSR count). The first-order valence-electron chi connectivity index (χ1n) is 5.53. The van der Waals surface area contributed by atoms with E-state index in [0.717, 1.165) is 30.5 Å². The molecule has 0 unspecified atom stereocenters. The molecule has 0 saturated carbocycles. The summed E-state index contributed by atoms with van der Waals surface area (Å²) in [6, 6.07) is 8.07. The molecule has 0 atom stereocenters. The molecule has 1 aliphatic heterocycles. The maximum atomic E-state index is 4.22. The van der Waals surface area contributed by atoms with E-state index in [-0.39, 0.29) is 0 Å². The molecule has 2 heterocycles. The molecule has 0 radical (unpaired) electrons. The Morgan fingerprint density at radius 3 is 2.94 bits per heavy atom. The highest BCUT2D eigenvalue weighted by molar-refractivity contribution is 5.77. The van der Waals surface area contributed by atoms with Crippen molar-refractivity contribution < 1.29 is 0 Å². The van der Waals surface area contributed by atoms with Crippen LogP contribution >= 0.6 is 0 Å². The van der Waals surface area contributed by atoms with Crippen molar-refractivity contribution in [3.8, 4) is 0 Å². The molecule has 1 aromatic carbocycles. The zero-order valence-electron chi connectivity index (χ0n) is 9.30. The molecule has 2 aromatic rings. The topological polar surface area (TPSA) is 34.0 Å². The Hall–Kier alpha value is -1.68. The van der Waals surface area contributed by atoms with Gasteiger partial charge in [-0.2, -0.15) is 0 Å². The minimum atomic E-state index is 0.960. The largest absolute Gasteiger partial charge is 0.302 e. The predicted molar refractivity (Wildman–Crippen MR) is 63.9 cm³/mol. The molecular formula is C12H14N4. The van der Waals surface area contributed by atoms with E-state index in [4.69, 9.17) is 0 Å². The minimum Gasteiger partial charge on any atom is -0.302 e. The molecular weight excluding hydrogens is 200 g/mol. The lowest BCUT2D eigenvalue weighted by Gasteiger charge is -2.21. The van der Waals surface area contributed by atoms with Crippen LogP contribution in [-0.2, 0) is 0 Å². The molecule has 0 fully saturated rings. The number of likely N-dealkylation sites (N-methyl/N-ethyl adjacent to an activating group) is 1. The van der Waals surface area contributed by atoms with E-state index in [1.165, 1.54) is 5.70 Å². The van der Waals surface area contributed by atoms with Crippen molar-refractivity contribution in [2.75, 3.05) is 20.1 Å². The van der Waals surface area contributed by atoms with Gasteiger partial charge in [0.25, 0.3) is 0 Å². The summed E-state index contributed by atoms with van der Waals surface area (Å²) in [5.74, 6) is 0. The summed E-state index contributed by atoms with van der Waals surface area (Å²) in [5, 5.41) is 8.40. The number of rotatable bonds is 1. The molecule has 0 bridgehead atoms. The summed E-state index contributed by atoms with van der Waals surface area (Å²) in [6.07, 6.45) is 3.26. The first-order valence-corrected chi connectivity index (χ1v) is 5.53. The van der Waals surface area contributed by atoms with Gasteiger partial charge in [-0.3, -0.25) is 0 Å². The Morgan fingerprint density at radius 2 is 2.12 bits per heavy atom. The molecule has 16 heavy (non-hydrogen) atoms. The van der Waals surface area contributed by atoms with Crippen LogP contribution in [0.1, 0.15) is 6.42 Å². The maximum absolute atomic E-state index is 4.22. The van der Waals surface area contributed by atoms with Crippen molar-refractivity contribution in [2.45, 2.75) is 6.42 Å². The van der Waals surface area contributed by atoms with Crippen LogP contribution in [0.3, 0.4) is 0 Å². The molecule has 0 N–H and O–H groups in total. The highest BCUT2D eigenvalue weighted by Gasteiger charge is 2.12. The van der Waals surface area contributed by atoms with Gasteiger partial charge in [0.15, 0.2) is 0 Å². The monoisotopic (exact) mass is 214 g/mol. The van der Waals surface area contributed by atoms with Crippen LogP contribution in [0, 0.1) is 0 Å². The van der Waals surface area contributed by atoms with Crippen molar-refractivity contribution >= 4 is 16.7 Å². The Balaban J connectivity index is 2.06. The lowest BCUT2D eigenvalue weighted by molar-refractivity contribution is 0.365. The molecule has 1 aliphatic rings. The molecule has 4 heteroatoms. The van der Waals surface area contributed by atoms with Gasteiger partial charge in [-0.1, -0.05) is 17.3 Å². The second-order valence-corrected chi connectivity index (χ2v) is 4.20. The number of hydrogen-bond acceptors (Lipinski definition) is 3. The zero-order chi connectivity index (χ0) is 11.0. The number of nitrogens with zero attached hydrogens (tertiary/aromatic N) is 4. The molecule has 0 saturated heterocycles. The van der Waals surface area contributed by atoms with Gasteiger partial charge in [0.2, 0.25) is 0 Å². The third-order valence-electron chi connectivity index (χ3n) is 3.01. The van der Waals surface area contributed by atoms with Gasteiger partial charge in [-0.25, -0.2) is 4.68 Å². The Labute approximate surface area is 94.2 Å². The van der Waals surface area contributed by atoms with Crippen molar-refractivity contribution in [1.82, 2.24) is 19.9 Å². The Morgan fingerprint density at radius 1 is 1.25 bits per heavy atom. The number of aromatic nitrogens is 3.